The summed E-state index contributed by atoms with van der Waals surface area (Å²) in [5.41, 5.74) is 1.37. The molecule has 0 radical (unpaired) electrons. The predicted molar refractivity (Wildman–Crippen MR) is 94.3 cm³/mol. The Hall–Kier alpha value is -2.09. The van der Waals surface area contributed by atoms with Gasteiger partial charge in [0, 0.05) is 10.1 Å². The summed E-state index contributed by atoms with van der Waals surface area (Å²) in [6.07, 6.45) is 0. The molecule has 2 rings (SSSR count). The number of hydrogen-bond acceptors (Lipinski definition) is 4. The van der Waals surface area contributed by atoms with Crippen molar-refractivity contribution in [3.63, 3.8) is 0 Å². The summed E-state index contributed by atoms with van der Waals surface area (Å²) < 4.78 is 11.1. The molecule has 1 amide bonds. The molecule has 5 nitrogen and oxygen atoms in total. The lowest BCUT2D eigenvalue weighted by molar-refractivity contribution is -0.123. The smallest absolute Gasteiger partial charge is 0.337 e. The van der Waals surface area contributed by atoms with Crippen LogP contribution in [0.1, 0.15) is 15.9 Å². The fourth-order valence-electron chi connectivity index (χ4n) is 1.81. The number of carbonyl (C=O) groups is 2. The minimum Gasteiger partial charge on any atom is -0.484 e. The van der Waals surface area contributed by atoms with Crippen molar-refractivity contribution in [1.82, 2.24) is 5.32 Å². The molecule has 120 valence electrons. The molecule has 0 aliphatic heterocycles. The Labute approximate surface area is 148 Å². The molecular formula is C17H16INO4. The summed E-state index contributed by atoms with van der Waals surface area (Å²) >= 11 is 2.20. The Kier molecular flexibility index (Phi) is 6.40. The highest BCUT2D eigenvalue weighted by molar-refractivity contribution is 14.1. The van der Waals surface area contributed by atoms with E-state index in [1.807, 2.05) is 24.3 Å². The minimum atomic E-state index is -0.383. The predicted octanol–water partition coefficient (Wildman–Crippen LogP) is 2.77. The summed E-state index contributed by atoms with van der Waals surface area (Å²) in [5, 5.41) is 2.76. The van der Waals surface area contributed by atoms with E-state index < -0.39 is 0 Å². The van der Waals surface area contributed by atoms with E-state index in [9.17, 15) is 9.59 Å². The second-order valence-corrected chi connectivity index (χ2v) is 5.95. The zero-order valence-corrected chi connectivity index (χ0v) is 14.7. The van der Waals surface area contributed by atoms with Gasteiger partial charge in [-0.1, -0.05) is 12.1 Å². The molecule has 0 unspecified atom stereocenters. The summed E-state index contributed by atoms with van der Waals surface area (Å²) in [7, 11) is 1.34. The number of methoxy groups -OCH3 is 1. The summed E-state index contributed by atoms with van der Waals surface area (Å²) in [6, 6.07) is 14.3. The van der Waals surface area contributed by atoms with Crippen LogP contribution in [-0.4, -0.2) is 25.6 Å². The van der Waals surface area contributed by atoms with Crippen LogP contribution in [0.2, 0.25) is 0 Å². The molecule has 6 heteroatoms. The fraction of sp³-hybridized carbons (Fsp3) is 0.176. The van der Waals surface area contributed by atoms with Gasteiger partial charge in [-0.05, 0) is 64.6 Å². The van der Waals surface area contributed by atoms with Gasteiger partial charge in [0.05, 0.1) is 12.7 Å². The van der Waals surface area contributed by atoms with Crippen LogP contribution in [0.4, 0.5) is 0 Å². The largest absolute Gasteiger partial charge is 0.484 e. The zero-order chi connectivity index (χ0) is 16.7. The molecule has 1 N–H and O–H groups in total. The van der Waals surface area contributed by atoms with Gasteiger partial charge in [0.25, 0.3) is 5.91 Å². The number of nitrogens with one attached hydrogen (secondary N) is 1. The maximum Gasteiger partial charge on any atom is 0.337 e. The molecule has 0 aliphatic carbocycles. The Morgan fingerprint density at radius 3 is 2.30 bits per heavy atom. The third-order valence-corrected chi connectivity index (χ3v) is 3.77. The van der Waals surface area contributed by atoms with Crippen molar-refractivity contribution in [2.45, 2.75) is 6.54 Å². The van der Waals surface area contributed by atoms with E-state index in [0.29, 0.717) is 17.9 Å². The normalized spacial score (nSPS) is 10.0. The van der Waals surface area contributed by atoms with Gasteiger partial charge in [0.15, 0.2) is 6.61 Å². The van der Waals surface area contributed by atoms with Crippen molar-refractivity contribution >= 4 is 34.5 Å². The highest BCUT2D eigenvalue weighted by Crippen LogP contribution is 2.13. The first-order valence-electron chi connectivity index (χ1n) is 6.91. The van der Waals surface area contributed by atoms with E-state index in [2.05, 4.69) is 32.6 Å². The highest BCUT2D eigenvalue weighted by atomic mass is 127. The van der Waals surface area contributed by atoms with Crippen LogP contribution in [0.3, 0.4) is 0 Å². The van der Waals surface area contributed by atoms with E-state index in [0.717, 1.165) is 9.13 Å². The van der Waals surface area contributed by atoms with Crippen molar-refractivity contribution in [2.24, 2.45) is 0 Å². The molecule has 0 saturated carbocycles. The first kappa shape index (κ1) is 17.3. The van der Waals surface area contributed by atoms with Crippen LogP contribution in [0, 0.1) is 3.57 Å². The Morgan fingerprint density at radius 1 is 1.04 bits per heavy atom. The van der Waals surface area contributed by atoms with E-state index in [-0.39, 0.29) is 18.5 Å². The molecule has 0 atom stereocenters. The molecule has 0 aromatic heterocycles. The number of hydrogen-bond donors (Lipinski definition) is 1. The van der Waals surface area contributed by atoms with Gasteiger partial charge in [0.2, 0.25) is 0 Å². The Morgan fingerprint density at radius 2 is 1.70 bits per heavy atom. The standard InChI is InChI=1S/C17H16INO4/c1-22-17(21)13-4-2-12(3-5-13)10-19-16(20)11-23-15-8-6-14(18)7-9-15/h2-9H,10-11H2,1H3,(H,19,20). The molecule has 0 fully saturated rings. The average molecular weight is 425 g/mol. The molecule has 2 aromatic rings. The van der Waals surface area contributed by atoms with Gasteiger partial charge in [0.1, 0.15) is 5.75 Å². The summed E-state index contributed by atoms with van der Waals surface area (Å²) in [6.45, 7) is 0.331. The lowest BCUT2D eigenvalue weighted by atomic mass is 10.1. The average Bonchev–Trinajstić information content (AvgIpc) is 2.59. The fourth-order valence-corrected chi connectivity index (χ4v) is 2.17. The van der Waals surface area contributed by atoms with Gasteiger partial charge in [-0.25, -0.2) is 4.79 Å². The molecule has 0 saturated heterocycles. The molecule has 0 spiro atoms. The lowest BCUT2D eigenvalue weighted by Gasteiger charge is -2.08. The first-order valence-corrected chi connectivity index (χ1v) is 7.98. The second-order valence-electron chi connectivity index (χ2n) is 4.71. The molecule has 0 aliphatic rings. The van der Waals surface area contributed by atoms with E-state index in [1.54, 1.807) is 24.3 Å². The van der Waals surface area contributed by atoms with Crippen LogP contribution >= 0.6 is 22.6 Å². The van der Waals surface area contributed by atoms with E-state index in [4.69, 9.17) is 4.74 Å². The number of ether oxygens (including phenoxy) is 2. The molecule has 23 heavy (non-hydrogen) atoms. The van der Waals surface area contributed by atoms with Crippen LogP contribution < -0.4 is 10.1 Å². The lowest BCUT2D eigenvalue weighted by Crippen LogP contribution is -2.28. The number of carbonyl (C=O) groups excluding carboxylic acids is 2. The quantitative estimate of drug-likeness (QED) is 0.571. The Balaban J connectivity index is 1.77. The van der Waals surface area contributed by atoms with Crippen molar-refractivity contribution in [2.75, 3.05) is 13.7 Å². The number of benzene rings is 2. The van der Waals surface area contributed by atoms with Crippen molar-refractivity contribution in [3.8, 4) is 5.75 Å². The number of amides is 1. The van der Waals surface area contributed by atoms with Gasteiger partial charge in [-0.3, -0.25) is 4.79 Å². The van der Waals surface area contributed by atoms with Crippen LogP contribution in [0.5, 0.6) is 5.75 Å². The minimum absolute atomic E-state index is 0.0408. The van der Waals surface area contributed by atoms with Crippen LogP contribution in [0.25, 0.3) is 0 Å². The number of esters is 1. The molecule has 2 aromatic carbocycles. The second kappa shape index (κ2) is 8.52. The third kappa shape index (κ3) is 5.55. The maximum atomic E-state index is 11.8. The van der Waals surface area contributed by atoms with Crippen LogP contribution in [0.15, 0.2) is 48.5 Å². The van der Waals surface area contributed by atoms with E-state index in [1.165, 1.54) is 7.11 Å². The number of rotatable bonds is 6. The van der Waals surface area contributed by atoms with Crippen LogP contribution in [-0.2, 0) is 16.1 Å². The third-order valence-electron chi connectivity index (χ3n) is 3.05. The van der Waals surface area contributed by atoms with Gasteiger partial charge < -0.3 is 14.8 Å². The van der Waals surface area contributed by atoms with Crippen molar-refractivity contribution in [3.05, 3.63) is 63.2 Å². The van der Waals surface area contributed by atoms with Gasteiger partial charge in [-0.2, -0.15) is 0 Å². The molecule has 0 heterocycles. The van der Waals surface area contributed by atoms with Gasteiger partial charge in [-0.15, -0.1) is 0 Å². The highest BCUT2D eigenvalue weighted by Gasteiger charge is 2.06. The zero-order valence-electron chi connectivity index (χ0n) is 12.5. The SMILES string of the molecule is COC(=O)c1ccc(CNC(=O)COc2ccc(I)cc2)cc1. The maximum absolute atomic E-state index is 11.8. The summed E-state index contributed by atoms with van der Waals surface area (Å²) in [5.74, 6) is 0.0649. The molecular weight excluding hydrogens is 409 g/mol. The molecule has 0 bridgehead atoms. The van der Waals surface area contributed by atoms with Crippen molar-refractivity contribution < 1.29 is 19.1 Å². The van der Waals surface area contributed by atoms with E-state index >= 15 is 0 Å². The first-order chi connectivity index (χ1) is 11.1. The van der Waals surface area contributed by atoms with Gasteiger partial charge >= 0.3 is 5.97 Å². The Bertz CT molecular complexity index is 668. The monoisotopic (exact) mass is 425 g/mol. The van der Waals surface area contributed by atoms with Crippen molar-refractivity contribution in [1.29, 1.82) is 0 Å². The summed E-state index contributed by atoms with van der Waals surface area (Å²) in [4.78, 5) is 23.1. The topological polar surface area (TPSA) is 64.6 Å². The number of halogens is 1.